The number of benzene rings is 1. The first-order valence-electron chi connectivity index (χ1n) is 6.64. The quantitative estimate of drug-likeness (QED) is 0.824. The summed E-state index contributed by atoms with van der Waals surface area (Å²) in [5, 5.41) is 7.90. The number of hydrogen-bond acceptors (Lipinski definition) is 5. The molecule has 1 aromatic carbocycles. The molecule has 0 aliphatic heterocycles. The number of anilines is 1. The molecule has 0 bridgehead atoms. The average Bonchev–Trinajstić information content (AvgIpc) is 2.93. The van der Waals surface area contributed by atoms with Crippen LogP contribution < -0.4 is 10.6 Å². The second-order valence-electron chi connectivity index (χ2n) is 4.35. The number of aromatic nitrogens is 2. The van der Waals surface area contributed by atoms with Crippen molar-refractivity contribution in [3.63, 3.8) is 0 Å². The van der Waals surface area contributed by atoms with E-state index in [4.69, 9.17) is 10.2 Å². The molecule has 0 atom stereocenters. The van der Waals surface area contributed by atoms with Gasteiger partial charge in [-0.2, -0.15) is 0 Å². The highest BCUT2D eigenvalue weighted by Gasteiger charge is 2.11. The Kier molecular flexibility index (Phi) is 4.92. The second-order valence-corrected chi connectivity index (χ2v) is 4.35. The van der Waals surface area contributed by atoms with Gasteiger partial charge in [-0.05, 0) is 25.3 Å². The van der Waals surface area contributed by atoms with Crippen LogP contribution in [0.2, 0.25) is 0 Å². The van der Waals surface area contributed by atoms with Crippen LogP contribution in [-0.2, 0) is 13.0 Å². The first-order valence-corrected chi connectivity index (χ1v) is 6.64. The molecule has 102 valence electrons. The molecule has 0 unspecified atom stereocenters. The third-order valence-corrected chi connectivity index (χ3v) is 3.02. The summed E-state index contributed by atoms with van der Waals surface area (Å²) in [5.74, 6) is 0.483. The Bertz CT molecular complexity index is 483. The van der Waals surface area contributed by atoms with Gasteiger partial charge in [-0.1, -0.05) is 35.4 Å². The summed E-state index contributed by atoms with van der Waals surface area (Å²) in [6.07, 6.45) is 2.10. The van der Waals surface area contributed by atoms with Gasteiger partial charge in [0.1, 0.15) is 0 Å². The standard InChI is InChI=1S/C14H20N4O/c1-2-18(14-17-16-13(11-15)19-14)10-6-9-12-7-4-3-5-8-12/h3-5,7-8H,2,6,9-11,15H2,1H3. The van der Waals surface area contributed by atoms with Gasteiger partial charge >= 0.3 is 6.01 Å². The molecule has 2 rings (SSSR count). The van der Waals surface area contributed by atoms with Crippen molar-refractivity contribution in [2.75, 3.05) is 18.0 Å². The second kappa shape index (κ2) is 6.89. The van der Waals surface area contributed by atoms with Gasteiger partial charge in [0.15, 0.2) is 0 Å². The zero-order chi connectivity index (χ0) is 13.5. The SMILES string of the molecule is CCN(CCCc1ccccc1)c1nnc(CN)o1. The van der Waals surface area contributed by atoms with Gasteiger partial charge < -0.3 is 15.1 Å². The minimum Gasteiger partial charge on any atom is -0.407 e. The summed E-state index contributed by atoms with van der Waals surface area (Å²) < 4.78 is 5.47. The molecule has 0 spiro atoms. The Labute approximate surface area is 113 Å². The molecule has 1 aromatic heterocycles. The summed E-state index contributed by atoms with van der Waals surface area (Å²) >= 11 is 0. The van der Waals surface area contributed by atoms with Crippen molar-refractivity contribution in [2.45, 2.75) is 26.3 Å². The van der Waals surface area contributed by atoms with Gasteiger partial charge in [-0.15, -0.1) is 5.10 Å². The molecular weight excluding hydrogens is 240 g/mol. The third kappa shape index (κ3) is 3.79. The van der Waals surface area contributed by atoms with E-state index >= 15 is 0 Å². The maximum atomic E-state index is 5.47. The number of rotatable bonds is 7. The van der Waals surface area contributed by atoms with Crippen molar-refractivity contribution in [3.8, 4) is 0 Å². The predicted molar refractivity (Wildman–Crippen MR) is 74.8 cm³/mol. The minimum atomic E-state index is 0.286. The molecule has 19 heavy (non-hydrogen) atoms. The van der Waals surface area contributed by atoms with E-state index < -0.39 is 0 Å². The highest BCUT2D eigenvalue weighted by atomic mass is 16.4. The zero-order valence-corrected chi connectivity index (χ0v) is 11.2. The van der Waals surface area contributed by atoms with Crippen molar-refractivity contribution in [1.82, 2.24) is 10.2 Å². The molecule has 2 aromatic rings. The normalized spacial score (nSPS) is 10.6. The van der Waals surface area contributed by atoms with Crippen molar-refractivity contribution in [3.05, 3.63) is 41.8 Å². The highest BCUT2D eigenvalue weighted by molar-refractivity contribution is 5.23. The predicted octanol–water partition coefficient (Wildman–Crippen LogP) is 1.99. The molecular formula is C14H20N4O. The Morgan fingerprint density at radius 2 is 2.00 bits per heavy atom. The molecule has 0 saturated heterocycles. The van der Waals surface area contributed by atoms with E-state index in [1.165, 1.54) is 5.56 Å². The van der Waals surface area contributed by atoms with Gasteiger partial charge in [-0.25, -0.2) is 0 Å². The average molecular weight is 260 g/mol. The first-order chi connectivity index (χ1) is 9.33. The zero-order valence-electron chi connectivity index (χ0n) is 11.2. The van der Waals surface area contributed by atoms with Gasteiger partial charge in [0.2, 0.25) is 5.89 Å². The minimum absolute atomic E-state index is 0.286. The van der Waals surface area contributed by atoms with E-state index in [2.05, 4.69) is 46.3 Å². The fourth-order valence-electron chi connectivity index (χ4n) is 1.96. The third-order valence-electron chi connectivity index (χ3n) is 3.02. The Hall–Kier alpha value is -1.88. The van der Waals surface area contributed by atoms with Crippen molar-refractivity contribution in [2.24, 2.45) is 5.73 Å². The van der Waals surface area contributed by atoms with Crippen molar-refractivity contribution >= 4 is 6.01 Å². The van der Waals surface area contributed by atoms with E-state index in [9.17, 15) is 0 Å². The molecule has 0 amide bonds. The van der Waals surface area contributed by atoms with E-state index in [-0.39, 0.29) is 6.54 Å². The molecule has 2 N–H and O–H groups in total. The van der Waals surface area contributed by atoms with E-state index in [0.29, 0.717) is 11.9 Å². The van der Waals surface area contributed by atoms with Crippen molar-refractivity contribution < 1.29 is 4.42 Å². The Morgan fingerprint density at radius 1 is 1.21 bits per heavy atom. The molecule has 0 aliphatic rings. The van der Waals surface area contributed by atoms with Gasteiger partial charge in [0.05, 0.1) is 6.54 Å². The number of aryl methyl sites for hydroxylation is 1. The number of nitrogens with zero attached hydrogens (tertiary/aromatic N) is 3. The summed E-state index contributed by atoms with van der Waals surface area (Å²) in [6.45, 7) is 4.11. The van der Waals surface area contributed by atoms with Gasteiger partial charge in [-0.3, -0.25) is 0 Å². The molecule has 0 radical (unpaired) electrons. The molecule has 5 nitrogen and oxygen atoms in total. The lowest BCUT2D eigenvalue weighted by molar-refractivity contribution is 0.484. The summed E-state index contributed by atoms with van der Waals surface area (Å²) in [4.78, 5) is 2.08. The number of hydrogen-bond donors (Lipinski definition) is 1. The lowest BCUT2D eigenvalue weighted by Crippen LogP contribution is -2.24. The number of nitrogens with two attached hydrogens (primary N) is 1. The molecule has 0 aliphatic carbocycles. The van der Waals surface area contributed by atoms with Gasteiger partial charge in [0.25, 0.3) is 0 Å². The lowest BCUT2D eigenvalue weighted by atomic mass is 10.1. The van der Waals surface area contributed by atoms with Crippen LogP contribution in [0.3, 0.4) is 0 Å². The van der Waals surface area contributed by atoms with Crippen LogP contribution in [0, 0.1) is 0 Å². The van der Waals surface area contributed by atoms with E-state index in [1.54, 1.807) is 0 Å². The van der Waals surface area contributed by atoms with E-state index in [0.717, 1.165) is 25.9 Å². The summed E-state index contributed by atoms with van der Waals surface area (Å²) in [7, 11) is 0. The highest BCUT2D eigenvalue weighted by Crippen LogP contribution is 2.13. The lowest BCUT2D eigenvalue weighted by Gasteiger charge is -2.17. The van der Waals surface area contributed by atoms with Crippen LogP contribution in [0.1, 0.15) is 24.8 Å². The molecule has 5 heteroatoms. The topological polar surface area (TPSA) is 68.2 Å². The van der Waals surface area contributed by atoms with Crippen LogP contribution in [0.5, 0.6) is 0 Å². The van der Waals surface area contributed by atoms with Crippen LogP contribution in [-0.4, -0.2) is 23.3 Å². The maximum Gasteiger partial charge on any atom is 0.318 e. The first kappa shape index (κ1) is 13.5. The van der Waals surface area contributed by atoms with Crippen LogP contribution >= 0.6 is 0 Å². The van der Waals surface area contributed by atoms with Crippen molar-refractivity contribution in [1.29, 1.82) is 0 Å². The fraction of sp³-hybridized carbons (Fsp3) is 0.429. The van der Waals surface area contributed by atoms with Gasteiger partial charge in [0, 0.05) is 13.1 Å². The van der Waals surface area contributed by atoms with Crippen LogP contribution in [0.15, 0.2) is 34.7 Å². The summed E-state index contributed by atoms with van der Waals surface area (Å²) in [6, 6.07) is 11.0. The van der Waals surface area contributed by atoms with Crippen LogP contribution in [0.25, 0.3) is 0 Å². The fourth-order valence-corrected chi connectivity index (χ4v) is 1.96. The molecule has 1 heterocycles. The monoisotopic (exact) mass is 260 g/mol. The summed E-state index contributed by atoms with van der Waals surface area (Å²) in [5.41, 5.74) is 6.82. The van der Waals surface area contributed by atoms with Crippen LogP contribution in [0.4, 0.5) is 6.01 Å². The smallest absolute Gasteiger partial charge is 0.318 e. The molecule has 0 fully saturated rings. The molecule has 0 saturated carbocycles. The van der Waals surface area contributed by atoms with E-state index in [1.807, 2.05) is 6.07 Å². The largest absolute Gasteiger partial charge is 0.407 e. The Morgan fingerprint density at radius 3 is 2.63 bits per heavy atom. The Balaban J connectivity index is 1.86. The maximum absolute atomic E-state index is 5.47.